The number of carbonyl (C=O) groups is 2. The zero-order valence-corrected chi connectivity index (χ0v) is 8.45. The van der Waals surface area contributed by atoms with Crippen molar-refractivity contribution in [1.29, 1.82) is 0 Å². The van der Waals surface area contributed by atoms with Gasteiger partial charge in [-0.3, -0.25) is 9.59 Å². The fraction of sp³-hybridized carbons (Fsp3) is 0.778. The van der Waals surface area contributed by atoms with Crippen LogP contribution in [0.2, 0.25) is 0 Å². The molecule has 5 heteroatoms. The smallest absolute Gasteiger partial charge is 0.239 e. The molecule has 0 aromatic rings. The van der Waals surface area contributed by atoms with Crippen LogP contribution in [0.4, 0.5) is 0 Å². The Balaban J connectivity index is 2.30. The van der Waals surface area contributed by atoms with E-state index in [2.05, 4.69) is 5.32 Å². The zero-order valence-electron chi connectivity index (χ0n) is 8.45. The summed E-state index contributed by atoms with van der Waals surface area (Å²) < 4.78 is 0. The first kappa shape index (κ1) is 11.0. The van der Waals surface area contributed by atoms with Crippen molar-refractivity contribution in [1.82, 2.24) is 10.2 Å². The Bertz CT molecular complexity index is 230. The van der Waals surface area contributed by atoms with Gasteiger partial charge >= 0.3 is 0 Å². The fourth-order valence-corrected chi connectivity index (χ4v) is 1.45. The van der Waals surface area contributed by atoms with Crippen LogP contribution in [0.5, 0.6) is 0 Å². The molecule has 1 unspecified atom stereocenters. The average Bonchev–Trinajstić information content (AvgIpc) is 2.42. The van der Waals surface area contributed by atoms with Crippen LogP contribution in [-0.2, 0) is 9.59 Å². The van der Waals surface area contributed by atoms with E-state index in [1.165, 1.54) is 4.90 Å². The van der Waals surface area contributed by atoms with Crippen LogP contribution in [0, 0.1) is 0 Å². The van der Waals surface area contributed by atoms with E-state index in [4.69, 9.17) is 5.73 Å². The third kappa shape index (κ3) is 2.99. The lowest BCUT2D eigenvalue weighted by atomic mass is 10.3. The summed E-state index contributed by atoms with van der Waals surface area (Å²) in [5, 5.41) is 2.72. The summed E-state index contributed by atoms with van der Waals surface area (Å²) in [6.07, 6.45) is 1.26. The maximum Gasteiger partial charge on any atom is 0.239 e. The molecule has 0 aromatic carbocycles. The van der Waals surface area contributed by atoms with Crippen LogP contribution >= 0.6 is 0 Å². The second kappa shape index (κ2) is 4.95. The largest absolute Gasteiger partial charge is 0.355 e. The van der Waals surface area contributed by atoms with Gasteiger partial charge in [-0.1, -0.05) is 6.92 Å². The maximum absolute atomic E-state index is 11.3. The van der Waals surface area contributed by atoms with E-state index in [1.54, 1.807) is 0 Å². The number of hydrogen-bond donors (Lipinski definition) is 2. The first-order valence-corrected chi connectivity index (χ1v) is 4.93. The van der Waals surface area contributed by atoms with Crippen LogP contribution < -0.4 is 11.1 Å². The molecule has 1 aliphatic rings. The molecule has 0 aromatic heterocycles. The van der Waals surface area contributed by atoms with E-state index in [-0.39, 0.29) is 24.4 Å². The molecule has 1 heterocycles. The van der Waals surface area contributed by atoms with Gasteiger partial charge in [0.25, 0.3) is 0 Å². The van der Waals surface area contributed by atoms with Gasteiger partial charge < -0.3 is 16.0 Å². The molecule has 1 saturated heterocycles. The highest BCUT2D eigenvalue weighted by Crippen LogP contribution is 2.07. The van der Waals surface area contributed by atoms with Crippen LogP contribution in [0.25, 0.3) is 0 Å². The highest BCUT2D eigenvalue weighted by Gasteiger charge is 2.27. The molecule has 1 atom stereocenters. The zero-order chi connectivity index (χ0) is 10.6. The van der Waals surface area contributed by atoms with Crippen molar-refractivity contribution in [3.05, 3.63) is 0 Å². The van der Waals surface area contributed by atoms with Crippen molar-refractivity contribution >= 4 is 11.8 Å². The summed E-state index contributed by atoms with van der Waals surface area (Å²) in [5.41, 5.74) is 5.60. The van der Waals surface area contributed by atoms with Crippen molar-refractivity contribution < 1.29 is 9.59 Å². The summed E-state index contributed by atoms with van der Waals surface area (Å²) in [6, 6.07) is -0.110. The third-order valence-electron chi connectivity index (χ3n) is 2.15. The van der Waals surface area contributed by atoms with E-state index < -0.39 is 0 Å². The fourth-order valence-electron chi connectivity index (χ4n) is 1.45. The lowest BCUT2D eigenvalue weighted by Crippen LogP contribution is -2.39. The Hall–Kier alpha value is -1.10. The van der Waals surface area contributed by atoms with Crippen LogP contribution in [0.3, 0.4) is 0 Å². The molecule has 1 rings (SSSR count). The third-order valence-corrected chi connectivity index (χ3v) is 2.15. The van der Waals surface area contributed by atoms with E-state index in [9.17, 15) is 9.59 Å². The minimum absolute atomic E-state index is 0.0239. The van der Waals surface area contributed by atoms with Gasteiger partial charge in [0.15, 0.2) is 0 Å². The van der Waals surface area contributed by atoms with Crippen molar-refractivity contribution in [3.8, 4) is 0 Å². The Morgan fingerprint density at radius 1 is 1.71 bits per heavy atom. The molecule has 2 amide bonds. The summed E-state index contributed by atoms with van der Waals surface area (Å²) in [5.74, 6) is -0.126. The van der Waals surface area contributed by atoms with Crippen LogP contribution in [-0.4, -0.2) is 42.4 Å². The number of likely N-dealkylation sites (tertiary alicyclic amines) is 1. The molecule has 0 bridgehead atoms. The average molecular weight is 199 g/mol. The second-order valence-corrected chi connectivity index (χ2v) is 3.59. The standard InChI is InChI=1S/C9H17N3O2/c1-2-3-11-8(13)6-12-5-7(10)4-9(12)14/h7H,2-6,10H2,1H3,(H,11,13). The number of nitrogens with two attached hydrogens (primary N) is 1. The monoisotopic (exact) mass is 199 g/mol. The quantitative estimate of drug-likeness (QED) is 0.614. The second-order valence-electron chi connectivity index (χ2n) is 3.59. The van der Waals surface area contributed by atoms with E-state index in [0.717, 1.165) is 6.42 Å². The van der Waals surface area contributed by atoms with E-state index in [1.807, 2.05) is 6.92 Å². The molecule has 0 radical (unpaired) electrons. The first-order valence-electron chi connectivity index (χ1n) is 4.93. The first-order chi connectivity index (χ1) is 6.63. The summed E-state index contributed by atoms with van der Waals surface area (Å²) in [6.45, 7) is 3.29. The summed E-state index contributed by atoms with van der Waals surface area (Å²) in [4.78, 5) is 24.0. The number of amides is 2. The Morgan fingerprint density at radius 2 is 2.43 bits per heavy atom. The number of rotatable bonds is 4. The summed E-state index contributed by atoms with van der Waals surface area (Å²) in [7, 11) is 0. The number of nitrogens with zero attached hydrogens (tertiary/aromatic N) is 1. The molecule has 14 heavy (non-hydrogen) atoms. The van der Waals surface area contributed by atoms with Gasteiger partial charge in [0.1, 0.15) is 0 Å². The topological polar surface area (TPSA) is 75.4 Å². The van der Waals surface area contributed by atoms with Gasteiger partial charge in [0.05, 0.1) is 6.54 Å². The van der Waals surface area contributed by atoms with Crippen molar-refractivity contribution in [2.24, 2.45) is 5.73 Å². The molecular formula is C9H17N3O2. The summed E-state index contributed by atoms with van der Waals surface area (Å²) >= 11 is 0. The SMILES string of the molecule is CCCNC(=O)CN1CC(N)CC1=O. The van der Waals surface area contributed by atoms with Gasteiger partial charge in [-0.15, -0.1) is 0 Å². The molecule has 0 aliphatic carbocycles. The van der Waals surface area contributed by atoms with Gasteiger partial charge in [-0.2, -0.15) is 0 Å². The minimum Gasteiger partial charge on any atom is -0.355 e. The normalized spacial score (nSPS) is 21.4. The molecule has 3 N–H and O–H groups in total. The number of hydrogen-bond acceptors (Lipinski definition) is 3. The van der Waals surface area contributed by atoms with Crippen molar-refractivity contribution in [2.45, 2.75) is 25.8 Å². The lowest BCUT2D eigenvalue weighted by Gasteiger charge is -2.14. The number of carbonyl (C=O) groups excluding carboxylic acids is 2. The Morgan fingerprint density at radius 3 is 2.93 bits per heavy atom. The molecule has 5 nitrogen and oxygen atoms in total. The van der Waals surface area contributed by atoms with Gasteiger partial charge in [0.2, 0.25) is 11.8 Å². The van der Waals surface area contributed by atoms with Gasteiger partial charge in [0, 0.05) is 25.6 Å². The van der Waals surface area contributed by atoms with E-state index in [0.29, 0.717) is 19.5 Å². The van der Waals surface area contributed by atoms with Crippen molar-refractivity contribution in [2.75, 3.05) is 19.6 Å². The molecule has 1 aliphatic heterocycles. The highest BCUT2D eigenvalue weighted by molar-refractivity contribution is 5.86. The molecular weight excluding hydrogens is 182 g/mol. The van der Waals surface area contributed by atoms with Gasteiger partial charge in [-0.05, 0) is 6.42 Å². The molecule has 0 saturated carbocycles. The lowest BCUT2D eigenvalue weighted by molar-refractivity contribution is -0.133. The van der Waals surface area contributed by atoms with Crippen LogP contribution in [0.1, 0.15) is 19.8 Å². The maximum atomic E-state index is 11.3. The Kier molecular flexibility index (Phi) is 3.88. The predicted octanol–water partition coefficient (Wildman–Crippen LogP) is -0.928. The number of nitrogens with one attached hydrogen (secondary N) is 1. The minimum atomic E-state index is -0.110. The van der Waals surface area contributed by atoms with Gasteiger partial charge in [-0.25, -0.2) is 0 Å². The van der Waals surface area contributed by atoms with Crippen LogP contribution in [0.15, 0.2) is 0 Å². The Labute approximate surface area is 83.6 Å². The molecule has 1 fully saturated rings. The predicted molar refractivity (Wildman–Crippen MR) is 52.5 cm³/mol. The van der Waals surface area contributed by atoms with E-state index >= 15 is 0 Å². The molecule has 0 spiro atoms. The molecule has 80 valence electrons. The highest BCUT2D eigenvalue weighted by atomic mass is 16.2. The van der Waals surface area contributed by atoms with Crippen molar-refractivity contribution in [3.63, 3.8) is 0 Å².